The van der Waals surface area contributed by atoms with E-state index >= 15 is 0 Å². The van der Waals surface area contributed by atoms with E-state index in [9.17, 15) is 14.0 Å². The Labute approximate surface area is 138 Å². The molecule has 0 radical (unpaired) electrons. The second-order valence-corrected chi connectivity index (χ2v) is 5.70. The van der Waals surface area contributed by atoms with Gasteiger partial charge in [-0.3, -0.25) is 9.59 Å². The summed E-state index contributed by atoms with van der Waals surface area (Å²) in [4.78, 5) is 26.0. The highest BCUT2D eigenvalue weighted by Crippen LogP contribution is 2.13. The number of carbonyl (C=O) groups is 1. The van der Waals surface area contributed by atoms with Gasteiger partial charge in [0.15, 0.2) is 5.43 Å². The molecular formula is C19H17FN2O2. The Morgan fingerprint density at radius 1 is 1.12 bits per heavy atom. The maximum Gasteiger partial charge on any atom is 0.242 e. The van der Waals surface area contributed by atoms with Crippen molar-refractivity contribution in [1.29, 1.82) is 0 Å². The smallest absolute Gasteiger partial charge is 0.242 e. The highest BCUT2D eigenvalue weighted by molar-refractivity contribution is 5.82. The van der Waals surface area contributed by atoms with Gasteiger partial charge in [-0.1, -0.05) is 30.3 Å². The predicted molar refractivity (Wildman–Crippen MR) is 91.1 cm³/mol. The molecule has 5 heteroatoms. The van der Waals surface area contributed by atoms with Gasteiger partial charge < -0.3 is 9.47 Å². The number of carbonyl (C=O) groups excluding carboxylic acids is 1. The third-order valence-corrected chi connectivity index (χ3v) is 3.93. The van der Waals surface area contributed by atoms with Gasteiger partial charge in [-0.25, -0.2) is 4.39 Å². The molecule has 1 amide bonds. The normalized spacial score (nSPS) is 10.8. The fourth-order valence-electron chi connectivity index (χ4n) is 2.63. The molecule has 0 bridgehead atoms. The fraction of sp³-hybridized carbons (Fsp3) is 0.158. The van der Waals surface area contributed by atoms with E-state index < -0.39 is 5.82 Å². The third-order valence-electron chi connectivity index (χ3n) is 3.93. The minimum absolute atomic E-state index is 0.0890. The van der Waals surface area contributed by atoms with Crippen molar-refractivity contribution in [1.82, 2.24) is 9.47 Å². The van der Waals surface area contributed by atoms with Gasteiger partial charge in [-0.2, -0.15) is 0 Å². The van der Waals surface area contributed by atoms with Crippen molar-refractivity contribution in [3.05, 3.63) is 82.4 Å². The van der Waals surface area contributed by atoms with Crippen molar-refractivity contribution in [2.24, 2.45) is 0 Å². The van der Waals surface area contributed by atoms with E-state index in [1.165, 1.54) is 24.3 Å². The molecule has 0 aliphatic rings. The number of nitrogens with zero attached hydrogens (tertiary/aromatic N) is 2. The Balaban J connectivity index is 1.83. The molecule has 4 nitrogen and oxygen atoms in total. The predicted octanol–water partition coefficient (Wildman–Crippen LogP) is 2.80. The van der Waals surface area contributed by atoms with Crippen LogP contribution in [0.1, 0.15) is 5.56 Å². The summed E-state index contributed by atoms with van der Waals surface area (Å²) in [5, 5.41) is 0.274. The monoisotopic (exact) mass is 324 g/mol. The van der Waals surface area contributed by atoms with Gasteiger partial charge in [0.25, 0.3) is 0 Å². The van der Waals surface area contributed by atoms with E-state index in [2.05, 4.69) is 0 Å². The average Bonchev–Trinajstić information content (AvgIpc) is 2.58. The first-order chi connectivity index (χ1) is 11.5. The summed E-state index contributed by atoms with van der Waals surface area (Å²) in [7, 11) is 1.74. The molecule has 0 spiro atoms. The quantitative estimate of drug-likeness (QED) is 0.740. The van der Waals surface area contributed by atoms with Crippen LogP contribution < -0.4 is 5.43 Å². The Morgan fingerprint density at radius 3 is 2.62 bits per heavy atom. The molecule has 0 N–H and O–H groups in total. The van der Waals surface area contributed by atoms with E-state index in [0.29, 0.717) is 12.1 Å². The number of pyridine rings is 1. The number of amides is 1. The van der Waals surface area contributed by atoms with Crippen LogP contribution in [0.2, 0.25) is 0 Å². The van der Waals surface area contributed by atoms with E-state index in [0.717, 1.165) is 5.56 Å². The van der Waals surface area contributed by atoms with Gasteiger partial charge in [0, 0.05) is 31.2 Å². The Bertz CT molecular complexity index is 935. The lowest BCUT2D eigenvalue weighted by Gasteiger charge is -2.19. The van der Waals surface area contributed by atoms with Crippen LogP contribution in [0.15, 0.2) is 65.6 Å². The molecule has 1 heterocycles. The van der Waals surface area contributed by atoms with Crippen LogP contribution in [0.5, 0.6) is 0 Å². The van der Waals surface area contributed by atoms with Gasteiger partial charge >= 0.3 is 0 Å². The molecule has 0 saturated carbocycles. The van der Waals surface area contributed by atoms with Gasteiger partial charge in [0.2, 0.25) is 5.91 Å². The standard InChI is InChI=1S/C19H17FN2O2/c1-21(12-14-5-3-2-4-6-14)19(24)13-22-10-9-18(23)16-11-15(20)7-8-17(16)22/h2-11H,12-13H2,1H3. The van der Waals surface area contributed by atoms with Crippen LogP contribution in [-0.4, -0.2) is 22.4 Å². The zero-order chi connectivity index (χ0) is 17.1. The molecule has 0 unspecified atom stereocenters. The van der Waals surface area contributed by atoms with Crippen LogP contribution >= 0.6 is 0 Å². The minimum atomic E-state index is -0.468. The molecule has 0 atom stereocenters. The Morgan fingerprint density at radius 2 is 1.88 bits per heavy atom. The third kappa shape index (κ3) is 3.35. The lowest BCUT2D eigenvalue weighted by molar-refractivity contribution is -0.131. The van der Waals surface area contributed by atoms with Crippen LogP contribution in [0, 0.1) is 5.82 Å². The molecule has 0 aliphatic heterocycles. The van der Waals surface area contributed by atoms with Crippen molar-refractivity contribution in [3.8, 4) is 0 Å². The molecule has 3 rings (SSSR count). The van der Waals surface area contributed by atoms with Crippen LogP contribution in [0.4, 0.5) is 4.39 Å². The summed E-state index contributed by atoms with van der Waals surface area (Å²) < 4.78 is 15.0. The first-order valence-corrected chi connectivity index (χ1v) is 7.61. The Kier molecular flexibility index (Phi) is 4.42. The number of aromatic nitrogens is 1. The molecule has 0 fully saturated rings. The van der Waals surface area contributed by atoms with Gasteiger partial charge in [-0.05, 0) is 23.8 Å². The van der Waals surface area contributed by atoms with Crippen molar-refractivity contribution in [2.45, 2.75) is 13.1 Å². The molecule has 2 aromatic carbocycles. The highest BCUT2D eigenvalue weighted by Gasteiger charge is 2.12. The summed E-state index contributed by atoms with van der Waals surface area (Å²) in [6.07, 6.45) is 1.57. The second-order valence-electron chi connectivity index (χ2n) is 5.70. The molecule has 0 saturated heterocycles. The topological polar surface area (TPSA) is 42.3 Å². The van der Waals surface area contributed by atoms with E-state index in [1.807, 2.05) is 30.3 Å². The second kappa shape index (κ2) is 6.66. The number of benzene rings is 2. The van der Waals surface area contributed by atoms with Crippen LogP contribution in [0.25, 0.3) is 10.9 Å². The first-order valence-electron chi connectivity index (χ1n) is 7.61. The molecule has 1 aromatic heterocycles. The largest absolute Gasteiger partial charge is 0.340 e. The summed E-state index contributed by atoms with van der Waals surface area (Å²) in [6.45, 7) is 0.595. The number of likely N-dealkylation sites (N-methyl/N-ethyl adjacent to an activating group) is 1. The lowest BCUT2D eigenvalue weighted by Crippen LogP contribution is -2.30. The molecule has 3 aromatic rings. The number of rotatable bonds is 4. The van der Waals surface area contributed by atoms with Crippen LogP contribution in [0.3, 0.4) is 0 Å². The van der Waals surface area contributed by atoms with Gasteiger partial charge in [-0.15, -0.1) is 0 Å². The van der Waals surface area contributed by atoms with E-state index in [-0.39, 0.29) is 23.3 Å². The minimum Gasteiger partial charge on any atom is -0.340 e. The maximum absolute atomic E-state index is 13.4. The van der Waals surface area contributed by atoms with Gasteiger partial charge in [0.05, 0.1) is 5.52 Å². The van der Waals surface area contributed by atoms with Crippen molar-refractivity contribution in [2.75, 3.05) is 7.05 Å². The summed E-state index contributed by atoms with van der Waals surface area (Å²) in [5.74, 6) is -0.557. The number of hydrogen-bond acceptors (Lipinski definition) is 2. The first kappa shape index (κ1) is 15.9. The lowest BCUT2D eigenvalue weighted by atomic mass is 10.2. The fourth-order valence-corrected chi connectivity index (χ4v) is 2.63. The highest BCUT2D eigenvalue weighted by atomic mass is 19.1. The van der Waals surface area contributed by atoms with E-state index in [4.69, 9.17) is 0 Å². The van der Waals surface area contributed by atoms with Crippen molar-refractivity contribution >= 4 is 16.8 Å². The molecule has 0 aliphatic carbocycles. The maximum atomic E-state index is 13.4. The van der Waals surface area contributed by atoms with Crippen LogP contribution in [-0.2, 0) is 17.9 Å². The summed E-state index contributed by atoms with van der Waals surface area (Å²) in [5.41, 5.74) is 1.33. The Hall–Kier alpha value is -2.95. The summed E-state index contributed by atoms with van der Waals surface area (Å²) >= 11 is 0. The zero-order valence-electron chi connectivity index (χ0n) is 13.3. The average molecular weight is 324 g/mol. The molecular weight excluding hydrogens is 307 g/mol. The zero-order valence-corrected chi connectivity index (χ0v) is 13.3. The molecule has 122 valence electrons. The van der Waals surface area contributed by atoms with Crippen molar-refractivity contribution in [3.63, 3.8) is 0 Å². The van der Waals surface area contributed by atoms with Gasteiger partial charge in [0.1, 0.15) is 12.4 Å². The SMILES string of the molecule is CN(Cc1ccccc1)C(=O)Cn1ccc(=O)c2cc(F)ccc21. The summed E-state index contributed by atoms with van der Waals surface area (Å²) in [6, 6.07) is 15.1. The molecule has 24 heavy (non-hydrogen) atoms. The van der Waals surface area contributed by atoms with Crippen molar-refractivity contribution < 1.29 is 9.18 Å². The number of hydrogen-bond donors (Lipinski definition) is 0. The number of halogens is 1. The van der Waals surface area contributed by atoms with E-state index in [1.54, 1.807) is 22.7 Å². The number of fused-ring (bicyclic) bond motifs is 1.